The Morgan fingerprint density at radius 1 is 0.844 bits per heavy atom. The molecule has 1 aliphatic rings. The molecule has 0 spiro atoms. The summed E-state index contributed by atoms with van der Waals surface area (Å²) in [5.74, 6) is -0.617. The highest BCUT2D eigenvalue weighted by atomic mass is 32.1. The van der Waals surface area contributed by atoms with E-state index < -0.39 is 0 Å². The number of hydrogen-bond donors (Lipinski definition) is 2. The van der Waals surface area contributed by atoms with Crippen LogP contribution >= 0.6 is 12.2 Å². The number of thiocarbonyl (C=S) groups is 1. The van der Waals surface area contributed by atoms with Crippen molar-refractivity contribution in [3.63, 3.8) is 0 Å². The standard InChI is InChI=1S/C25H21N3O3S/c1-15(2)16-7-9-17(10-8-16)22(29)27-25(32)26-18-11-13-19(14-12-18)28-23(30)20-5-3-4-6-21(20)24(28)31/h3-15H,1-2H3,(H2,26,27,29,32). The number of carbonyl (C=O) groups excluding carboxylic acids is 3. The van der Waals surface area contributed by atoms with Gasteiger partial charge in [-0.05, 0) is 72.2 Å². The molecule has 160 valence electrons. The summed E-state index contributed by atoms with van der Waals surface area (Å²) >= 11 is 5.24. The molecule has 0 bridgehead atoms. The topological polar surface area (TPSA) is 78.5 Å². The van der Waals surface area contributed by atoms with Gasteiger partial charge in [0.2, 0.25) is 0 Å². The first-order valence-electron chi connectivity index (χ1n) is 10.2. The molecule has 0 saturated heterocycles. The second-order valence-corrected chi connectivity index (χ2v) is 8.13. The fraction of sp³-hybridized carbons (Fsp3) is 0.120. The monoisotopic (exact) mass is 443 g/mol. The number of nitrogens with one attached hydrogen (secondary N) is 2. The number of imide groups is 1. The predicted octanol–water partition coefficient (Wildman–Crippen LogP) is 4.74. The Morgan fingerprint density at radius 3 is 1.94 bits per heavy atom. The van der Waals surface area contributed by atoms with Crippen molar-refractivity contribution in [1.29, 1.82) is 0 Å². The maximum absolute atomic E-state index is 12.6. The van der Waals surface area contributed by atoms with Crippen LogP contribution in [-0.2, 0) is 0 Å². The molecule has 3 amide bonds. The Balaban J connectivity index is 1.40. The van der Waals surface area contributed by atoms with Crippen molar-refractivity contribution >= 4 is 46.4 Å². The van der Waals surface area contributed by atoms with E-state index >= 15 is 0 Å². The fourth-order valence-electron chi connectivity index (χ4n) is 3.47. The summed E-state index contributed by atoms with van der Waals surface area (Å²) in [5.41, 5.74) is 3.53. The second-order valence-electron chi connectivity index (χ2n) is 7.72. The number of rotatable bonds is 4. The van der Waals surface area contributed by atoms with Crippen molar-refractivity contribution in [3.05, 3.63) is 95.1 Å². The van der Waals surface area contributed by atoms with Crippen molar-refractivity contribution in [1.82, 2.24) is 5.32 Å². The van der Waals surface area contributed by atoms with E-state index in [4.69, 9.17) is 12.2 Å². The second kappa shape index (κ2) is 8.72. The highest BCUT2D eigenvalue weighted by molar-refractivity contribution is 7.80. The quantitative estimate of drug-likeness (QED) is 0.450. The van der Waals surface area contributed by atoms with E-state index in [1.165, 1.54) is 0 Å². The molecule has 2 N–H and O–H groups in total. The number of nitrogens with zero attached hydrogens (tertiary/aromatic N) is 1. The minimum Gasteiger partial charge on any atom is -0.332 e. The van der Waals surface area contributed by atoms with Gasteiger partial charge in [-0.25, -0.2) is 4.90 Å². The molecule has 4 rings (SSSR count). The molecule has 7 heteroatoms. The van der Waals surface area contributed by atoms with E-state index in [-0.39, 0.29) is 22.8 Å². The maximum atomic E-state index is 12.6. The van der Waals surface area contributed by atoms with E-state index in [0.29, 0.717) is 34.0 Å². The van der Waals surface area contributed by atoms with Crippen molar-refractivity contribution < 1.29 is 14.4 Å². The van der Waals surface area contributed by atoms with Crippen LogP contribution in [0.5, 0.6) is 0 Å². The summed E-state index contributed by atoms with van der Waals surface area (Å²) < 4.78 is 0. The predicted molar refractivity (Wildman–Crippen MR) is 128 cm³/mol. The highest BCUT2D eigenvalue weighted by Crippen LogP contribution is 2.29. The van der Waals surface area contributed by atoms with E-state index in [0.717, 1.165) is 10.5 Å². The zero-order chi connectivity index (χ0) is 22.8. The lowest BCUT2D eigenvalue weighted by molar-refractivity contribution is 0.0923. The highest BCUT2D eigenvalue weighted by Gasteiger charge is 2.36. The van der Waals surface area contributed by atoms with Crippen LogP contribution in [0, 0.1) is 0 Å². The molecule has 0 aliphatic carbocycles. The number of benzene rings is 3. The van der Waals surface area contributed by atoms with Crippen LogP contribution < -0.4 is 15.5 Å². The van der Waals surface area contributed by atoms with Gasteiger partial charge in [-0.15, -0.1) is 0 Å². The minimum atomic E-state index is -0.349. The zero-order valence-corrected chi connectivity index (χ0v) is 18.4. The van der Waals surface area contributed by atoms with Gasteiger partial charge in [0.25, 0.3) is 17.7 Å². The van der Waals surface area contributed by atoms with Crippen molar-refractivity contribution in [3.8, 4) is 0 Å². The minimum absolute atomic E-state index is 0.149. The normalized spacial score (nSPS) is 12.7. The Kier molecular flexibility index (Phi) is 5.83. The molecule has 0 saturated carbocycles. The average molecular weight is 444 g/mol. The maximum Gasteiger partial charge on any atom is 0.266 e. The van der Waals surface area contributed by atoms with E-state index in [9.17, 15) is 14.4 Å². The number of amides is 3. The summed E-state index contributed by atoms with van der Waals surface area (Å²) in [7, 11) is 0. The molecule has 1 heterocycles. The van der Waals surface area contributed by atoms with Gasteiger partial charge in [-0.1, -0.05) is 38.1 Å². The SMILES string of the molecule is CC(C)c1ccc(C(=O)NC(=S)Nc2ccc(N3C(=O)c4ccccc4C3=O)cc2)cc1. The van der Waals surface area contributed by atoms with Gasteiger partial charge >= 0.3 is 0 Å². The van der Waals surface area contributed by atoms with Crippen LogP contribution in [0.4, 0.5) is 11.4 Å². The molecule has 0 unspecified atom stereocenters. The third-order valence-corrected chi connectivity index (χ3v) is 5.45. The van der Waals surface area contributed by atoms with Crippen molar-refractivity contribution in [2.24, 2.45) is 0 Å². The van der Waals surface area contributed by atoms with Crippen LogP contribution in [0.1, 0.15) is 56.4 Å². The molecule has 32 heavy (non-hydrogen) atoms. The first-order valence-corrected chi connectivity index (χ1v) is 10.6. The molecule has 0 atom stereocenters. The Hall–Kier alpha value is -3.84. The van der Waals surface area contributed by atoms with Crippen LogP contribution in [0.2, 0.25) is 0 Å². The van der Waals surface area contributed by atoms with Gasteiger partial charge < -0.3 is 5.32 Å². The summed E-state index contributed by atoms with van der Waals surface area (Å²) in [6.45, 7) is 4.18. The Bertz CT molecular complexity index is 1180. The number of carbonyl (C=O) groups is 3. The first kappa shape index (κ1) is 21.4. The molecule has 3 aromatic rings. The Labute approximate surface area is 191 Å². The van der Waals surface area contributed by atoms with Crippen molar-refractivity contribution in [2.45, 2.75) is 19.8 Å². The zero-order valence-electron chi connectivity index (χ0n) is 17.6. The lowest BCUT2D eigenvalue weighted by Crippen LogP contribution is -2.34. The smallest absolute Gasteiger partial charge is 0.266 e. The summed E-state index contributed by atoms with van der Waals surface area (Å²) in [6, 6.07) is 20.8. The Morgan fingerprint density at radius 2 is 1.41 bits per heavy atom. The number of anilines is 2. The number of hydrogen-bond acceptors (Lipinski definition) is 4. The van der Waals surface area contributed by atoms with Gasteiger partial charge in [-0.3, -0.25) is 19.7 Å². The van der Waals surface area contributed by atoms with E-state index in [1.807, 2.05) is 12.1 Å². The van der Waals surface area contributed by atoms with Gasteiger partial charge in [0.05, 0.1) is 16.8 Å². The van der Waals surface area contributed by atoms with Crippen LogP contribution in [0.3, 0.4) is 0 Å². The molecular weight excluding hydrogens is 422 g/mol. The molecule has 0 aromatic heterocycles. The summed E-state index contributed by atoms with van der Waals surface area (Å²) in [6.07, 6.45) is 0. The van der Waals surface area contributed by atoms with Crippen LogP contribution in [-0.4, -0.2) is 22.8 Å². The number of fused-ring (bicyclic) bond motifs is 1. The fourth-order valence-corrected chi connectivity index (χ4v) is 3.69. The largest absolute Gasteiger partial charge is 0.332 e. The van der Waals surface area contributed by atoms with Crippen LogP contribution in [0.25, 0.3) is 0 Å². The lowest BCUT2D eigenvalue weighted by atomic mass is 10.0. The average Bonchev–Trinajstić information content (AvgIpc) is 3.04. The van der Waals surface area contributed by atoms with E-state index in [1.54, 1.807) is 60.7 Å². The van der Waals surface area contributed by atoms with E-state index in [2.05, 4.69) is 24.5 Å². The first-order chi connectivity index (χ1) is 15.3. The lowest BCUT2D eigenvalue weighted by Gasteiger charge is -2.15. The van der Waals surface area contributed by atoms with Gasteiger partial charge in [-0.2, -0.15) is 0 Å². The third kappa shape index (κ3) is 4.15. The van der Waals surface area contributed by atoms with Crippen LogP contribution in [0.15, 0.2) is 72.8 Å². The molecule has 6 nitrogen and oxygen atoms in total. The van der Waals surface area contributed by atoms with Gasteiger partial charge in [0.1, 0.15) is 0 Å². The summed E-state index contributed by atoms with van der Waals surface area (Å²) in [5, 5.41) is 5.74. The molecule has 3 aromatic carbocycles. The molecule has 0 fully saturated rings. The summed E-state index contributed by atoms with van der Waals surface area (Å²) in [4.78, 5) is 38.8. The third-order valence-electron chi connectivity index (χ3n) is 5.24. The van der Waals surface area contributed by atoms with Crippen molar-refractivity contribution in [2.75, 3.05) is 10.2 Å². The molecular formula is C25H21N3O3S. The van der Waals surface area contributed by atoms with Gasteiger partial charge in [0, 0.05) is 11.3 Å². The molecule has 0 radical (unpaired) electrons. The molecule has 1 aliphatic heterocycles. The van der Waals surface area contributed by atoms with Gasteiger partial charge in [0.15, 0.2) is 5.11 Å².